The maximum Gasteiger partial charge on any atom is 0.331 e. The molecule has 0 aliphatic rings. The predicted octanol–water partition coefficient (Wildman–Crippen LogP) is 4.12. The second-order valence-electron chi connectivity index (χ2n) is 4.58. The molecule has 2 rings (SSSR count). The van der Waals surface area contributed by atoms with Gasteiger partial charge in [0.1, 0.15) is 5.82 Å². The minimum absolute atomic E-state index is 0.0314. The molecule has 1 amide bonds. The minimum atomic E-state index is -1.07. The molecule has 120 valence electrons. The Kier molecular flexibility index (Phi) is 5.90. The number of nitrogens with one attached hydrogen (secondary N) is 1. The van der Waals surface area contributed by atoms with Gasteiger partial charge in [-0.25, -0.2) is 9.18 Å². The van der Waals surface area contributed by atoms with E-state index in [1.807, 2.05) is 16.8 Å². The van der Waals surface area contributed by atoms with Crippen molar-refractivity contribution < 1.29 is 18.7 Å². The lowest BCUT2D eigenvalue weighted by atomic mass is 10.3. The first-order valence-corrected chi connectivity index (χ1v) is 7.94. The van der Waals surface area contributed by atoms with E-state index in [0.29, 0.717) is 0 Å². The third kappa shape index (κ3) is 5.19. The van der Waals surface area contributed by atoms with Crippen molar-refractivity contribution in [2.75, 3.05) is 5.32 Å². The van der Waals surface area contributed by atoms with Gasteiger partial charge < -0.3 is 10.1 Å². The standard InChI is InChI=1S/C16H13ClFNO3S/c1-10(22-15(20)5-2-11-6-7-23-9-11)16(21)19-14-4-3-12(17)8-13(14)18/h2-10H,1H3,(H,19,21)/b5-2+/t10-/m1/s1. The Labute approximate surface area is 141 Å². The normalized spacial score (nSPS) is 12.1. The monoisotopic (exact) mass is 353 g/mol. The van der Waals surface area contributed by atoms with Crippen LogP contribution < -0.4 is 5.32 Å². The molecule has 2 aromatic rings. The van der Waals surface area contributed by atoms with Crippen molar-refractivity contribution in [3.05, 3.63) is 57.5 Å². The van der Waals surface area contributed by atoms with Gasteiger partial charge in [-0.3, -0.25) is 4.79 Å². The Balaban J connectivity index is 1.90. The number of carbonyl (C=O) groups excluding carboxylic acids is 2. The van der Waals surface area contributed by atoms with Crippen LogP contribution in [0, 0.1) is 5.82 Å². The number of ether oxygens (including phenoxy) is 1. The molecule has 0 bridgehead atoms. The largest absolute Gasteiger partial charge is 0.449 e. The van der Waals surface area contributed by atoms with Crippen LogP contribution in [0.5, 0.6) is 0 Å². The fraction of sp³-hybridized carbons (Fsp3) is 0.125. The molecule has 7 heteroatoms. The molecule has 0 aliphatic heterocycles. The summed E-state index contributed by atoms with van der Waals surface area (Å²) in [6.07, 6.45) is 1.75. The maximum absolute atomic E-state index is 13.6. The van der Waals surface area contributed by atoms with Gasteiger partial charge in [-0.1, -0.05) is 11.6 Å². The van der Waals surface area contributed by atoms with Crippen LogP contribution in [0.25, 0.3) is 6.08 Å². The lowest BCUT2D eigenvalue weighted by molar-refractivity contribution is -0.148. The van der Waals surface area contributed by atoms with Crippen molar-refractivity contribution in [2.45, 2.75) is 13.0 Å². The van der Waals surface area contributed by atoms with E-state index in [1.165, 1.54) is 36.5 Å². The Hall–Kier alpha value is -2.18. The second kappa shape index (κ2) is 7.89. The zero-order valence-electron chi connectivity index (χ0n) is 12.1. The fourth-order valence-electron chi connectivity index (χ4n) is 1.63. The topological polar surface area (TPSA) is 55.4 Å². The average molecular weight is 354 g/mol. The molecule has 1 aromatic carbocycles. The van der Waals surface area contributed by atoms with Gasteiger partial charge >= 0.3 is 5.97 Å². The zero-order valence-corrected chi connectivity index (χ0v) is 13.7. The lowest BCUT2D eigenvalue weighted by Gasteiger charge is -2.12. The summed E-state index contributed by atoms with van der Waals surface area (Å²) in [5.41, 5.74) is 0.836. The SMILES string of the molecule is C[C@@H](OC(=O)/C=C/c1ccsc1)C(=O)Nc1ccc(Cl)cc1F. The highest BCUT2D eigenvalue weighted by Crippen LogP contribution is 2.19. The van der Waals surface area contributed by atoms with Crippen molar-refractivity contribution in [1.82, 2.24) is 0 Å². The van der Waals surface area contributed by atoms with E-state index in [-0.39, 0.29) is 10.7 Å². The third-order valence-corrected chi connectivity index (χ3v) is 3.74. The van der Waals surface area contributed by atoms with E-state index in [4.69, 9.17) is 16.3 Å². The highest BCUT2D eigenvalue weighted by Gasteiger charge is 2.18. The number of carbonyl (C=O) groups is 2. The van der Waals surface area contributed by atoms with E-state index in [9.17, 15) is 14.0 Å². The zero-order chi connectivity index (χ0) is 16.8. The summed E-state index contributed by atoms with van der Waals surface area (Å²) < 4.78 is 18.6. The number of halogens is 2. The Morgan fingerprint density at radius 2 is 2.17 bits per heavy atom. The number of amides is 1. The number of anilines is 1. The molecular formula is C16H13ClFNO3S. The van der Waals surface area contributed by atoms with Gasteiger partial charge in [-0.15, -0.1) is 0 Å². The van der Waals surface area contributed by atoms with Crippen molar-refractivity contribution in [1.29, 1.82) is 0 Å². The van der Waals surface area contributed by atoms with Crippen molar-refractivity contribution in [2.24, 2.45) is 0 Å². The van der Waals surface area contributed by atoms with Gasteiger partial charge in [-0.05, 0) is 53.6 Å². The lowest BCUT2D eigenvalue weighted by Crippen LogP contribution is -2.29. The maximum atomic E-state index is 13.6. The first kappa shape index (κ1) is 17.2. The van der Waals surface area contributed by atoms with Crippen LogP contribution in [-0.4, -0.2) is 18.0 Å². The Morgan fingerprint density at radius 1 is 1.39 bits per heavy atom. The summed E-state index contributed by atoms with van der Waals surface area (Å²) in [6, 6.07) is 5.70. The van der Waals surface area contributed by atoms with Crippen LogP contribution in [0.3, 0.4) is 0 Å². The second-order valence-corrected chi connectivity index (χ2v) is 5.80. The summed E-state index contributed by atoms with van der Waals surface area (Å²) in [4.78, 5) is 23.5. The summed E-state index contributed by atoms with van der Waals surface area (Å²) in [6.45, 7) is 1.40. The van der Waals surface area contributed by atoms with Gasteiger partial charge in [0, 0.05) is 11.1 Å². The molecule has 0 unspecified atom stereocenters. The molecule has 4 nitrogen and oxygen atoms in total. The first-order chi connectivity index (χ1) is 11.0. The van der Waals surface area contributed by atoms with Crippen LogP contribution in [-0.2, 0) is 14.3 Å². The van der Waals surface area contributed by atoms with Crippen LogP contribution >= 0.6 is 22.9 Å². The highest BCUT2D eigenvalue weighted by molar-refractivity contribution is 7.08. The average Bonchev–Trinajstić information content (AvgIpc) is 3.01. The van der Waals surface area contributed by atoms with Gasteiger partial charge in [0.25, 0.3) is 5.91 Å². The summed E-state index contributed by atoms with van der Waals surface area (Å²) in [7, 11) is 0. The molecule has 0 aliphatic carbocycles. The van der Waals surface area contributed by atoms with E-state index in [2.05, 4.69) is 5.32 Å². The van der Waals surface area contributed by atoms with Gasteiger partial charge in [0.2, 0.25) is 0 Å². The van der Waals surface area contributed by atoms with Crippen LogP contribution in [0.1, 0.15) is 12.5 Å². The summed E-state index contributed by atoms with van der Waals surface area (Å²) >= 11 is 7.13. The van der Waals surface area contributed by atoms with Crippen LogP contribution in [0.4, 0.5) is 10.1 Å². The Bertz CT molecular complexity index is 731. The van der Waals surface area contributed by atoms with Crippen LogP contribution in [0.2, 0.25) is 5.02 Å². The van der Waals surface area contributed by atoms with Crippen LogP contribution in [0.15, 0.2) is 41.1 Å². The van der Waals surface area contributed by atoms with E-state index >= 15 is 0 Å². The molecule has 0 spiro atoms. The van der Waals surface area contributed by atoms with Gasteiger partial charge in [0.15, 0.2) is 6.10 Å². The molecule has 0 fully saturated rings. The quantitative estimate of drug-likeness (QED) is 0.649. The van der Waals surface area contributed by atoms with Gasteiger partial charge in [-0.2, -0.15) is 11.3 Å². The van der Waals surface area contributed by atoms with E-state index in [1.54, 1.807) is 6.08 Å². The molecule has 23 heavy (non-hydrogen) atoms. The van der Waals surface area contributed by atoms with Gasteiger partial charge in [0.05, 0.1) is 5.69 Å². The number of esters is 1. The van der Waals surface area contributed by atoms with Crippen molar-refractivity contribution in [3.63, 3.8) is 0 Å². The van der Waals surface area contributed by atoms with Crippen molar-refractivity contribution >= 4 is 46.6 Å². The molecule has 0 saturated heterocycles. The molecule has 0 radical (unpaired) electrons. The molecule has 1 atom stereocenters. The van der Waals surface area contributed by atoms with Crippen molar-refractivity contribution in [3.8, 4) is 0 Å². The number of hydrogen-bond acceptors (Lipinski definition) is 4. The number of benzene rings is 1. The molecular weight excluding hydrogens is 341 g/mol. The molecule has 1 aromatic heterocycles. The highest BCUT2D eigenvalue weighted by atomic mass is 35.5. The molecule has 1 heterocycles. The predicted molar refractivity (Wildman–Crippen MR) is 88.9 cm³/mol. The molecule has 0 saturated carbocycles. The summed E-state index contributed by atoms with van der Waals surface area (Å²) in [5.74, 6) is -1.96. The number of hydrogen-bond donors (Lipinski definition) is 1. The minimum Gasteiger partial charge on any atom is -0.449 e. The van der Waals surface area contributed by atoms with E-state index in [0.717, 1.165) is 11.6 Å². The number of rotatable bonds is 5. The smallest absolute Gasteiger partial charge is 0.331 e. The molecule has 1 N–H and O–H groups in total. The third-order valence-electron chi connectivity index (χ3n) is 2.81. The summed E-state index contributed by atoms with van der Waals surface area (Å²) in [5, 5.41) is 6.30. The fourth-order valence-corrected chi connectivity index (χ4v) is 2.41. The first-order valence-electron chi connectivity index (χ1n) is 6.62. The number of thiophene rings is 1. The Morgan fingerprint density at radius 3 is 2.83 bits per heavy atom. The van der Waals surface area contributed by atoms with E-state index < -0.39 is 23.8 Å².